The molecule has 1 aromatic carbocycles. The van der Waals surface area contributed by atoms with Gasteiger partial charge in [-0.15, -0.1) is 11.8 Å². The minimum atomic E-state index is -0.492. The Morgan fingerprint density at radius 3 is 2.65 bits per heavy atom. The molecule has 1 aromatic heterocycles. The van der Waals surface area contributed by atoms with E-state index in [9.17, 15) is 5.11 Å². The van der Waals surface area contributed by atoms with Gasteiger partial charge in [-0.2, -0.15) is 0 Å². The fourth-order valence-corrected chi connectivity index (χ4v) is 2.42. The molecule has 0 aliphatic carbocycles. The topological polar surface area (TPSA) is 33.1 Å². The molecule has 2 nitrogen and oxygen atoms in total. The molecular weight excluding hydrogens is 230 g/mol. The fraction of sp³-hybridized carbons (Fsp3) is 0.214. The Hall–Kier alpha value is -1.32. The molecule has 88 valence electrons. The summed E-state index contributed by atoms with van der Waals surface area (Å²) in [4.78, 5) is 5.35. The van der Waals surface area contributed by atoms with Gasteiger partial charge in [-0.1, -0.05) is 24.3 Å². The molecule has 0 aliphatic heterocycles. The zero-order valence-corrected chi connectivity index (χ0v) is 10.5. The molecule has 1 N–H and O–H groups in total. The van der Waals surface area contributed by atoms with Gasteiger partial charge in [0.25, 0.3) is 0 Å². The minimum absolute atomic E-state index is 0.492. The molecule has 1 unspecified atom stereocenters. The molecular formula is C14H15NOS. The van der Waals surface area contributed by atoms with Crippen LogP contribution in [0, 0.1) is 0 Å². The van der Waals surface area contributed by atoms with Gasteiger partial charge in [0.2, 0.25) is 0 Å². The first-order chi connectivity index (χ1) is 8.31. The van der Waals surface area contributed by atoms with Crippen molar-refractivity contribution in [2.24, 2.45) is 0 Å². The van der Waals surface area contributed by atoms with Crippen molar-refractivity contribution in [1.29, 1.82) is 0 Å². The van der Waals surface area contributed by atoms with Crippen molar-refractivity contribution in [1.82, 2.24) is 4.98 Å². The average molecular weight is 245 g/mol. The van der Waals surface area contributed by atoms with Crippen LogP contribution in [0.1, 0.15) is 17.4 Å². The van der Waals surface area contributed by atoms with Crippen LogP contribution in [-0.2, 0) is 6.42 Å². The van der Waals surface area contributed by atoms with Gasteiger partial charge < -0.3 is 5.11 Å². The van der Waals surface area contributed by atoms with Gasteiger partial charge >= 0.3 is 0 Å². The molecule has 1 heterocycles. The van der Waals surface area contributed by atoms with E-state index >= 15 is 0 Å². The second-order valence-electron chi connectivity index (χ2n) is 3.78. The second-order valence-corrected chi connectivity index (χ2v) is 4.63. The third-order valence-electron chi connectivity index (χ3n) is 2.63. The number of hydrogen-bond acceptors (Lipinski definition) is 3. The molecule has 0 saturated carbocycles. The lowest BCUT2D eigenvalue weighted by Crippen LogP contribution is -2.04. The summed E-state index contributed by atoms with van der Waals surface area (Å²) < 4.78 is 0. The molecule has 0 amide bonds. The summed E-state index contributed by atoms with van der Waals surface area (Å²) in [5, 5.41) is 10.2. The first-order valence-corrected chi connectivity index (χ1v) is 6.74. The lowest BCUT2D eigenvalue weighted by atomic mass is 10.0. The van der Waals surface area contributed by atoms with E-state index in [1.54, 1.807) is 18.0 Å². The zero-order valence-electron chi connectivity index (χ0n) is 9.71. The Bertz CT molecular complexity index is 473. The molecule has 3 heteroatoms. The summed E-state index contributed by atoms with van der Waals surface area (Å²) in [6.45, 7) is 0. The van der Waals surface area contributed by atoms with Crippen molar-refractivity contribution in [3.8, 4) is 0 Å². The summed E-state index contributed by atoms with van der Waals surface area (Å²) in [5.41, 5.74) is 1.89. The van der Waals surface area contributed by atoms with Gasteiger partial charge in [-0.25, -0.2) is 0 Å². The van der Waals surface area contributed by atoms with Gasteiger partial charge in [0.1, 0.15) is 0 Å². The van der Waals surface area contributed by atoms with Gasteiger partial charge in [0.15, 0.2) is 0 Å². The molecule has 17 heavy (non-hydrogen) atoms. The van der Waals surface area contributed by atoms with Gasteiger partial charge in [-0.05, 0) is 30.0 Å². The predicted octanol–water partition coefficient (Wildman–Crippen LogP) is 3.08. The summed E-state index contributed by atoms with van der Waals surface area (Å²) in [6, 6.07) is 13.7. The van der Waals surface area contributed by atoms with Crippen molar-refractivity contribution >= 4 is 11.8 Å². The highest BCUT2D eigenvalue weighted by Gasteiger charge is 2.12. The van der Waals surface area contributed by atoms with Crippen LogP contribution in [0.5, 0.6) is 0 Å². The Balaban J connectivity index is 2.17. The van der Waals surface area contributed by atoms with E-state index in [0.717, 1.165) is 16.2 Å². The van der Waals surface area contributed by atoms with Crippen molar-refractivity contribution in [2.75, 3.05) is 6.26 Å². The third kappa shape index (κ3) is 3.08. The maximum absolute atomic E-state index is 10.2. The first-order valence-electron chi connectivity index (χ1n) is 5.52. The van der Waals surface area contributed by atoms with E-state index < -0.39 is 6.10 Å². The standard InChI is InChI=1S/C14H15NOS/c1-17-14-8-3-2-7-12(14)13(16)10-11-6-4-5-9-15-11/h2-9,13,16H,10H2,1H3. The van der Waals surface area contributed by atoms with E-state index in [0.29, 0.717) is 6.42 Å². The summed E-state index contributed by atoms with van der Waals surface area (Å²) in [5.74, 6) is 0. The normalized spacial score (nSPS) is 12.4. The Kier molecular flexibility index (Phi) is 4.18. The summed E-state index contributed by atoms with van der Waals surface area (Å²) >= 11 is 1.65. The van der Waals surface area contributed by atoms with E-state index in [4.69, 9.17) is 0 Å². The van der Waals surface area contributed by atoms with Crippen LogP contribution in [0.4, 0.5) is 0 Å². The Morgan fingerprint density at radius 1 is 1.18 bits per heavy atom. The minimum Gasteiger partial charge on any atom is -0.388 e. The number of hydrogen-bond donors (Lipinski definition) is 1. The average Bonchev–Trinajstić information content (AvgIpc) is 2.40. The molecule has 2 aromatic rings. The number of pyridine rings is 1. The molecule has 0 spiro atoms. The van der Waals surface area contributed by atoms with Crippen molar-refractivity contribution in [3.63, 3.8) is 0 Å². The Morgan fingerprint density at radius 2 is 1.94 bits per heavy atom. The van der Waals surface area contributed by atoms with Gasteiger partial charge in [-0.3, -0.25) is 4.98 Å². The SMILES string of the molecule is CSc1ccccc1C(O)Cc1ccccn1. The first kappa shape index (κ1) is 12.1. The van der Waals surface area contributed by atoms with Crippen LogP contribution < -0.4 is 0 Å². The molecule has 0 radical (unpaired) electrons. The second kappa shape index (κ2) is 5.84. The number of nitrogens with zero attached hydrogens (tertiary/aromatic N) is 1. The lowest BCUT2D eigenvalue weighted by Gasteiger charge is -2.13. The number of aliphatic hydroxyl groups excluding tert-OH is 1. The molecule has 0 aliphatic rings. The van der Waals surface area contributed by atoms with Crippen LogP contribution in [0.2, 0.25) is 0 Å². The van der Waals surface area contributed by atoms with Crippen LogP contribution in [-0.4, -0.2) is 16.3 Å². The molecule has 0 saturated heterocycles. The third-order valence-corrected chi connectivity index (χ3v) is 3.44. The van der Waals surface area contributed by atoms with Gasteiger partial charge in [0, 0.05) is 23.2 Å². The van der Waals surface area contributed by atoms with E-state index in [1.165, 1.54) is 0 Å². The Labute approximate surface area is 106 Å². The quantitative estimate of drug-likeness (QED) is 0.840. The maximum atomic E-state index is 10.2. The lowest BCUT2D eigenvalue weighted by molar-refractivity contribution is 0.174. The van der Waals surface area contributed by atoms with Gasteiger partial charge in [0.05, 0.1) is 6.10 Å². The van der Waals surface area contributed by atoms with Crippen LogP contribution in [0.25, 0.3) is 0 Å². The fourth-order valence-electron chi connectivity index (χ4n) is 1.77. The zero-order chi connectivity index (χ0) is 12.1. The highest BCUT2D eigenvalue weighted by molar-refractivity contribution is 7.98. The van der Waals surface area contributed by atoms with Crippen LogP contribution >= 0.6 is 11.8 Å². The molecule has 1 atom stereocenters. The number of benzene rings is 1. The van der Waals surface area contributed by atoms with Crippen molar-refractivity contribution in [2.45, 2.75) is 17.4 Å². The highest BCUT2D eigenvalue weighted by atomic mass is 32.2. The molecule has 0 fully saturated rings. The highest BCUT2D eigenvalue weighted by Crippen LogP contribution is 2.27. The largest absolute Gasteiger partial charge is 0.388 e. The summed E-state index contributed by atoms with van der Waals surface area (Å²) in [7, 11) is 0. The number of aliphatic hydroxyl groups is 1. The smallest absolute Gasteiger partial charge is 0.0856 e. The van der Waals surface area contributed by atoms with E-state index in [2.05, 4.69) is 4.98 Å². The number of rotatable bonds is 4. The summed E-state index contributed by atoms with van der Waals surface area (Å²) in [6.07, 6.45) is 3.83. The number of aromatic nitrogens is 1. The van der Waals surface area contributed by atoms with E-state index in [1.807, 2.05) is 48.7 Å². The molecule has 2 rings (SSSR count). The van der Waals surface area contributed by atoms with Crippen molar-refractivity contribution < 1.29 is 5.11 Å². The van der Waals surface area contributed by atoms with Crippen LogP contribution in [0.15, 0.2) is 53.6 Å². The van der Waals surface area contributed by atoms with Crippen LogP contribution in [0.3, 0.4) is 0 Å². The van der Waals surface area contributed by atoms with E-state index in [-0.39, 0.29) is 0 Å². The predicted molar refractivity (Wildman–Crippen MR) is 71.1 cm³/mol. The van der Waals surface area contributed by atoms with Crippen molar-refractivity contribution in [3.05, 3.63) is 59.9 Å². The monoisotopic (exact) mass is 245 g/mol. The molecule has 0 bridgehead atoms. The number of thioether (sulfide) groups is 1. The maximum Gasteiger partial charge on any atom is 0.0856 e.